The summed E-state index contributed by atoms with van der Waals surface area (Å²) in [7, 11) is 0. The minimum Gasteiger partial charge on any atom is -0.381 e. The largest absolute Gasteiger partial charge is 0.381 e. The zero-order chi connectivity index (χ0) is 14.4. The van der Waals surface area contributed by atoms with Gasteiger partial charge in [-0.3, -0.25) is 4.79 Å². The number of carbonyl (C=O) groups is 1. The van der Waals surface area contributed by atoms with E-state index >= 15 is 0 Å². The molecule has 3 N–H and O–H groups in total. The average molecular weight is 276 g/mol. The van der Waals surface area contributed by atoms with Gasteiger partial charge < -0.3 is 15.8 Å². The summed E-state index contributed by atoms with van der Waals surface area (Å²) in [6.07, 6.45) is 2.09. The Bertz CT molecular complexity index is 416. The van der Waals surface area contributed by atoms with Crippen molar-refractivity contribution in [3.8, 4) is 0 Å². The van der Waals surface area contributed by atoms with Crippen LogP contribution in [0.15, 0.2) is 30.3 Å². The van der Waals surface area contributed by atoms with Gasteiger partial charge in [-0.05, 0) is 24.3 Å². The fraction of sp³-hybridized carbons (Fsp3) is 0.562. The maximum Gasteiger partial charge on any atom is 0.224 e. The topological polar surface area (TPSA) is 64.3 Å². The molecule has 0 bridgehead atoms. The second-order valence-electron chi connectivity index (χ2n) is 5.53. The van der Waals surface area contributed by atoms with Crippen LogP contribution in [0.4, 0.5) is 0 Å². The minimum atomic E-state index is -0.258. The number of benzene rings is 1. The molecule has 0 aromatic heterocycles. The van der Waals surface area contributed by atoms with E-state index in [9.17, 15) is 4.79 Å². The normalized spacial score (nSPS) is 21.4. The van der Waals surface area contributed by atoms with Crippen molar-refractivity contribution in [3.63, 3.8) is 0 Å². The lowest BCUT2D eigenvalue weighted by atomic mass is 9.94. The third kappa shape index (κ3) is 4.05. The van der Waals surface area contributed by atoms with Gasteiger partial charge in [-0.25, -0.2) is 0 Å². The molecule has 1 amide bonds. The lowest BCUT2D eigenvalue weighted by Gasteiger charge is -2.20. The second-order valence-corrected chi connectivity index (χ2v) is 5.53. The zero-order valence-corrected chi connectivity index (χ0v) is 12.0. The number of nitrogens with one attached hydrogen (secondary N) is 1. The summed E-state index contributed by atoms with van der Waals surface area (Å²) in [4.78, 5) is 12.1. The van der Waals surface area contributed by atoms with Crippen LogP contribution in [0.25, 0.3) is 0 Å². The molecule has 4 nitrogen and oxygen atoms in total. The summed E-state index contributed by atoms with van der Waals surface area (Å²) in [6.45, 7) is 4.27. The summed E-state index contributed by atoms with van der Waals surface area (Å²) in [5.74, 6) is 0.394. The summed E-state index contributed by atoms with van der Waals surface area (Å²) >= 11 is 0. The van der Waals surface area contributed by atoms with Gasteiger partial charge in [0.2, 0.25) is 5.91 Å². The Hall–Kier alpha value is -1.39. The highest BCUT2D eigenvalue weighted by Gasteiger charge is 2.22. The number of hydrogen-bond donors (Lipinski definition) is 2. The van der Waals surface area contributed by atoms with Gasteiger partial charge >= 0.3 is 0 Å². The van der Waals surface area contributed by atoms with E-state index in [0.717, 1.165) is 31.6 Å². The fourth-order valence-corrected chi connectivity index (χ4v) is 2.50. The van der Waals surface area contributed by atoms with Gasteiger partial charge in [0, 0.05) is 25.8 Å². The fourth-order valence-electron chi connectivity index (χ4n) is 2.50. The maximum absolute atomic E-state index is 12.1. The van der Waals surface area contributed by atoms with Gasteiger partial charge in [0.1, 0.15) is 0 Å². The first kappa shape index (κ1) is 15.0. The van der Waals surface area contributed by atoms with Crippen LogP contribution in [0.2, 0.25) is 0 Å². The lowest BCUT2D eigenvalue weighted by Crippen LogP contribution is -2.36. The Kier molecular flexibility index (Phi) is 5.56. The highest BCUT2D eigenvalue weighted by atomic mass is 16.5. The molecule has 1 aliphatic rings. The van der Waals surface area contributed by atoms with E-state index in [0.29, 0.717) is 12.5 Å². The first-order valence-electron chi connectivity index (χ1n) is 7.34. The van der Waals surface area contributed by atoms with E-state index in [1.54, 1.807) is 0 Å². The maximum atomic E-state index is 12.1. The third-order valence-corrected chi connectivity index (χ3v) is 4.01. The first-order chi connectivity index (χ1) is 9.68. The lowest BCUT2D eigenvalue weighted by molar-refractivity contribution is -0.125. The van der Waals surface area contributed by atoms with Crippen molar-refractivity contribution < 1.29 is 9.53 Å². The molecule has 20 heavy (non-hydrogen) atoms. The molecule has 3 atom stereocenters. The number of rotatable bonds is 6. The number of amides is 1. The minimum absolute atomic E-state index is 0.0280. The highest BCUT2D eigenvalue weighted by Crippen LogP contribution is 2.19. The molecule has 1 aliphatic heterocycles. The van der Waals surface area contributed by atoms with E-state index in [-0.39, 0.29) is 17.9 Å². The van der Waals surface area contributed by atoms with Gasteiger partial charge in [-0.15, -0.1) is 0 Å². The van der Waals surface area contributed by atoms with Crippen LogP contribution in [0.1, 0.15) is 31.4 Å². The van der Waals surface area contributed by atoms with Crippen molar-refractivity contribution in [2.75, 3.05) is 19.8 Å². The molecule has 1 aromatic rings. The molecule has 1 saturated heterocycles. The molecule has 110 valence electrons. The highest BCUT2D eigenvalue weighted by molar-refractivity contribution is 5.79. The molecular formula is C16H24N2O2. The van der Waals surface area contributed by atoms with E-state index in [4.69, 9.17) is 10.5 Å². The molecule has 1 aromatic carbocycles. The summed E-state index contributed by atoms with van der Waals surface area (Å²) < 4.78 is 5.33. The van der Waals surface area contributed by atoms with Gasteiger partial charge in [0.25, 0.3) is 0 Å². The standard InChI is InChI=1S/C16H24N2O2/c1-12(15(17)14-5-3-2-4-6-14)16(19)18-9-7-13-8-10-20-11-13/h2-6,12-13,15H,7-11,17H2,1H3,(H,18,19). The monoisotopic (exact) mass is 276 g/mol. The molecule has 0 radical (unpaired) electrons. The summed E-state index contributed by atoms with van der Waals surface area (Å²) in [6, 6.07) is 9.50. The van der Waals surface area contributed by atoms with E-state index in [1.165, 1.54) is 0 Å². The molecule has 1 fully saturated rings. The Morgan fingerprint density at radius 2 is 2.20 bits per heavy atom. The molecule has 1 heterocycles. The van der Waals surface area contributed by atoms with Crippen molar-refractivity contribution in [3.05, 3.63) is 35.9 Å². The van der Waals surface area contributed by atoms with Gasteiger partial charge in [-0.1, -0.05) is 37.3 Å². The van der Waals surface area contributed by atoms with Gasteiger partial charge in [0.05, 0.1) is 5.92 Å². The molecule has 0 spiro atoms. The van der Waals surface area contributed by atoms with E-state index < -0.39 is 0 Å². The van der Waals surface area contributed by atoms with Crippen LogP contribution < -0.4 is 11.1 Å². The Labute approximate surface area is 120 Å². The predicted octanol–water partition coefficient (Wildman–Crippen LogP) is 1.87. The van der Waals surface area contributed by atoms with E-state index in [1.807, 2.05) is 37.3 Å². The summed E-state index contributed by atoms with van der Waals surface area (Å²) in [5.41, 5.74) is 7.15. The molecule has 0 aliphatic carbocycles. The molecule has 2 rings (SSSR count). The van der Waals surface area contributed by atoms with Gasteiger partial charge in [0.15, 0.2) is 0 Å². The van der Waals surface area contributed by atoms with Crippen LogP contribution in [-0.4, -0.2) is 25.7 Å². The smallest absolute Gasteiger partial charge is 0.224 e. The molecule has 4 heteroatoms. The Balaban J connectivity index is 1.76. The van der Waals surface area contributed by atoms with Crippen molar-refractivity contribution >= 4 is 5.91 Å². The van der Waals surface area contributed by atoms with Crippen LogP contribution >= 0.6 is 0 Å². The molecular weight excluding hydrogens is 252 g/mol. The molecule has 0 saturated carbocycles. The summed E-state index contributed by atoms with van der Waals surface area (Å²) in [5, 5.41) is 2.99. The zero-order valence-electron chi connectivity index (χ0n) is 12.0. The van der Waals surface area contributed by atoms with Crippen LogP contribution in [0.3, 0.4) is 0 Å². The second kappa shape index (κ2) is 7.41. The third-order valence-electron chi connectivity index (χ3n) is 4.01. The molecule has 3 unspecified atom stereocenters. The number of nitrogens with two attached hydrogens (primary N) is 1. The van der Waals surface area contributed by atoms with Crippen LogP contribution in [0, 0.1) is 11.8 Å². The van der Waals surface area contributed by atoms with E-state index in [2.05, 4.69) is 5.32 Å². The van der Waals surface area contributed by atoms with Crippen molar-refractivity contribution in [1.82, 2.24) is 5.32 Å². The van der Waals surface area contributed by atoms with Crippen LogP contribution in [-0.2, 0) is 9.53 Å². The number of hydrogen-bond acceptors (Lipinski definition) is 3. The van der Waals surface area contributed by atoms with Crippen molar-refractivity contribution in [2.45, 2.75) is 25.8 Å². The Morgan fingerprint density at radius 3 is 2.85 bits per heavy atom. The van der Waals surface area contributed by atoms with Crippen molar-refractivity contribution in [1.29, 1.82) is 0 Å². The van der Waals surface area contributed by atoms with Crippen molar-refractivity contribution in [2.24, 2.45) is 17.6 Å². The predicted molar refractivity (Wildman–Crippen MR) is 79.1 cm³/mol. The SMILES string of the molecule is CC(C(=O)NCCC1CCOC1)C(N)c1ccccc1. The number of ether oxygens (including phenoxy) is 1. The van der Waals surface area contributed by atoms with Crippen LogP contribution in [0.5, 0.6) is 0 Å². The number of carbonyl (C=O) groups excluding carboxylic acids is 1. The Morgan fingerprint density at radius 1 is 1.45 bits per heavy atom. The first-order valence-corrected chi connectivity index (χ1v) is 7.34. The quantitative estimate of drug-likeness (QED) is 0.833. The van der Waals surface area contributed by atoms with Gasteiger partial charge in [-0.2, -0.15) is 0 Å². The average Bonchev–Trinajstić information content (AvgIpc) is 2.99.